The molecule has 0 aromatic carbocycles. The minimum Gasteiger partial charge on any atom is -0.334 e. The van der Waals surface area contributed by atoms with E-state index in [2.05, 4.69) is 15.2 Å². The van der Waals surface area contributed by atoms with Crippen LogP contribution in [0.3, 0.4) is 0 Å². The number of rotatable bonds is 4. The number of aryl methyl sites for hydroxylation is 4. The van der Waals surface area contributed by atoms with E-state index in [0.29, 0.717) is 24.2 Å². The second kappa shape index (κ2) is 6.92. The molecule has 0 spiro atoms. The van der Waals surface area contributed by atoms with Crippen LogP contribution >= 0.6 is 0 Å². The lowest BCUT2D eigenvalue weighted by molar-refractivity contribution is -0.132. The lowest BCUT2D eigenvalue weighted by Gasteiger charge is -2.24. The van der Waals surface area contributed by atoms with Crippen molar-refractivity contribution < 1.29 is 4.79 Å². The first-order valence-corrected chi connectivity index (χ1v) is 9.74. The maximum atomic E-state index is 12.9. The number of fused-ring (bicyclic) bond motifs is 1. The molecule has 4 rings (SSSR count). The molecule has 0 bridgehead atoms. The van der Waals surface area contributed by atoms with Crippen molar-refractivity contribution >= 4 is 11.6 Å². The summed E-state index contributed by atoms with van der Waals surface area (Å²) in [6.45, 7) is 8.89. The Hall–Kier alpha value is -2.90. The third-order valence-electron chi connectivity index (χ3n) is 5.68. The Balaban J connectivity index is 1.55. The molecule has 8 nitrogen and oxygen atoms in total. The maximum Gasteiger partial charge on any atom is 0.275 e. The molecule has 1 saturated heterocycles. The molecule has 1 amide bonds. The van der Waals surface area contributed by atoms with E-state index in [1.807, 2.05) is 42.5 Å². The van der Waals surface area contributed by atoms with E-state index >= 15 is 0 Å². The largest absolute Gasteiger partial charge is 0.334 e. The molecule has 28 heavy (non-hydrogen) atoms. The van der Waals surface area contributed by atoms with Gasteiger partial charge in [0.25, 0.3) is 5.56 Å². The molecule has 1 N–H and O–H groups in total. The summed E-state index contributed by atoms with van der Waals surface area (Å²) in [7, 11) is 0. The van der Waals surface area contributed by atoms with Gasteiger partial charge in [-0.1, -0.05) is 0 Å². The predicted molar refractivity (Wildman–Crippen MR) is 105 cm³/mol. The van der Waals surface area contributed by atoms with Crippen molar-refractivity contribution in [3.8, 4) is 0 Å². The van der Waals surface area contributed by atoms with E-state index in [1.54, 1.807) is 6.92 Å². The Labute approximate surface area is 163 Å². The van der Waals surface area contributed by atoms with Gasteiger partial charge in [0.2, 0.25) is 5.91 Å². The van der Waals surface area contributed by atoms with Crippen molar-refractivity contribution in [1.82, 2.24) is 29.3 Å². The van der Waals surface area contributed by atoms with Crippen molar-refractivity contribution in [2.75, 3.05) is 6.54 Å². The van der Waals surface area contributed by atoms with Crippen molar-refractivity contribution in [1.29, 1.82) is 0 Å². The van der Waals surface area contributed by atoms with Crippen LogP contribution in [-0.2, 0) is 11.3 Å². The number of aromatic nitrogens is 5. The summed E-state index contributed by atoms with van der Waals surface area (Å²) < 4.78 is 3.37. The third-order valence-corrected chi connectivity index (χ3v) is 5.68. The highest BCUT2D eigenvalue weighted by molar-refractivity contribution is 5.77. The molecular weight excluding hydrogens is 356 g/mol. The second-order valence-corrected chi connectivity index (χ2v) is 7.68. The second-order valence-electron chi connectivity index (χ2n) is 7.68. The highest BCUT2D eigenvalue weighted by atomic mass is 16.2. The number of likely N-dealkylation sites (tertiary alicyclic amines) is 1. The number of amides is 1. The molecule has 8 heteroatoms. The summed E-state index contributed by atoms with van der Waals surface area (Å²) in [6, 6.07) is 3.86. The zero-order chi connectivity index (χ0) is 20.0. The highest BCUT2D eigenvalue weighted by Crippen LogP contribution is 2.32. The van der Waals surface area contributed by atoms with E-state index in [4.69, 9.17) is 0 Å². The van der Waals surface area contributed by atoms with Crippen LogP contribution in [0.25, 0.3) is 5.65 Å². The van der Waals surface area contributed by atoms with Crippen LogP contribution in [0.15, 0.2) is 16.9 Å². The zero-order valence-corrected chi connectivity index (χ0v) is 16.8. The standard InChI is InChI=1S/C20H26N6O2/c1-12-10-13(2)25(22-12)9-7-19(27)24-8-5-6-17(24)16-11-18-21-15(4)14(3)20(28)26(18)23-16/h10-11,17,23H,5-9H2,1-4H3/t17-/m1/s1. The molecule has 3 aromatic rings. The number of hydrogen-bond acceptors (Lipinski definition) is 4. The summed E-state index contributed by atoms with van der Waals surface area (Å²) in [5.74, 6) is 0.112. The van der Waals surface area contributed by atoms with E-state index in [9.17, 15) is 9.59 Å². The molecule has 0 saturated carbocycles. The van der Waals surface area contributed by atoms with Crippen molar-refractivity contribution in [2.45, 2.75) is 59.5 Å². The number of carbonyl (C=O) groups excluding carboxylic acids is 1. The first-order chi connectivity index (χ1) is 13.3. The topological polar surface area (TPSA) is 88.3 Å². The van der Waals surface area contributed by atoms with Gasteiger partial charge in [-0.05, 0) is 46.6 Å². The molecule has 1 atom stereocenters. The Kier molecular flexibility index (Phi) is 4.56. The Morgan fingerprint density at radius 2 is 2.04 bits per heavy atom. The number of nitrogens with zero attached hydrogens (tertiary/aromatic N) is 5. The molecule has 3 aromatic heterocycles. The van der Waals surface area contributed by atoms with Crippen molar-refractivity contribution in [2.24, 2.45) is 0 Å². The van der Waals surface area contributed by atoms with Gasteiger partial charge in [-0.2, -0.15) is 5.10 Å². The van der Waals surface area contributed by atoms with Gasteiger partial charge in [-0.25, -0.2) is 9.50 Å². The fourth-order valence-electron chi connectivity index (χ4n) is 4.04. The van der Waals surface area contributed by atoms with Gasteiger partial charge in [0.1, 0.15) is 0 Å². The van der Waals surface area contributed by atoms with Gasteiger partial charge in [0, 0.05) is 42.5 Å². The van der Waals surface area contributed by atoms with Gasteiger partial charge < -0.3 is 4.90 Å². The molecule has 1 aliphatic heterocycles. The summed E-state index contributed by atoms with van der Waals surface area (Å²) in [6.07, 6.45) is 2.24. The number of hydrogen-bond donors (Lipinski definition) is 1. The van der Waals surface area contributed by atoms with Crippen molar-refractivity contribution in [3.05, 3.63) is 50.8 Å². The molecule has 0 unspecified atom stereocenters. The Bertz CT molecular complexity index is 1110. The van der Waals surface area contributed by atoms with Crippen LogP contribution < -0.4 is 5.56 Å². The van der Waals surface area contributed by atoms with Gasteiger partial charge in [0.05, 0.1) is 17.4 Å². The van der Waals surface area contributed by atoms with Crippen LogP contribution in [0.4, 0.5) is 0 Å². The van der Waals surface area contributed by atoms with Gasteiger partial charge in [-0.15, -0.1) is 0 Å². The van der Waals surface area contributed by atoms with Gasteiger partial charge >= 0.3 is 0 Å². The molecule has 1 aliphatic rings. The lowest BCUT2D eigenvalue weighted by Crippen LogP contribution is -2.31. The maximum absolute atomic E-state index is 12.9. The van der Waals surface area contributed by atoms with Gasteiger partial charge in [0.15, 0.2) is 5.65 Å². The minimum absolute atomic E-state index is 0.0466. The number of nitrogens with one attached hydrogen (secondary N) is 1. The van der Waals surface area contributed by atoms with E-state index in [-0.39, 0.29) is 17.5 Å². The summed E-state index contributed by atoms with van der Waals surface area (Å²) in [5, 5.41) is 7.61. The highest BCUT2D eigenvalue weighted by Gasteiger charge is 2.31. The zero-order valence-electron chi connectivity index (χ0n) is 16.8. The lowest BCUT2D eigenvalue weighted by atomic mass is 10.1. The first-order valence-electron chi connectivity index (χ1n) is 9.74. The molecule has 0 radical (unpaired) electrons. The number of aromatic amines is 1. The molecule has 0 aliphatic carbocycles. The smallest absolute Gasteiger partial charge is 0.275 e. The fourth-order valence-corrected chi connectivity index (χ4v) is 4.04. The number of carbonyl (C=O) groups is 1. The Morgan fingerprint density at radius 1 is 1.25 bits per heavy atom. The van der Waals surface area contributed by atoms with E-state index in [1.165, 1.54) is 4.52 Å². The quantitative estimate of drug-likeness (QED) is 0.749. The molecule has 148 valence electrons. The first kappa shape index (κ1) is 18.5. The minimum atomic E-state index is -0.0887. The Morgan fingerprint density at radius 3 is 2.75 bits per heavy atom. The average molecular weight is 382 g/mol. The van der Waals surface area contributed by atoms with Crippen LogP contribution in [0.1, 0.15) is 53.6 Å². The molecule has 1 fully saturated rings. The van der Waals surface area contributed by atoms with Crippen LogP contribution in [-0.4, -0.2) is 41.7 Å². The SMILES string of the molecule is Cc1cc(C)n(CCC(=O)N2CCC[C@@H]2c2cc3nc(C)c(C)c(=O)n3[nH]2)n1. The average Bonchev–Trinajstić information content (AvgIpc) is 3.35. The summed E-state index contributed by atoms with van der Waals surface area (Å²) in [4.78, 5) is 31.8. The summed E-state index contributed by atoms with van der Waals surface area (Å²) >= 11 is 0. The van der Waals surface area contributed by atoms with Crippen LogP contribution in [0.5, 0.6) is 0 Å². The van der Waals surface area contributed by atoms with Crippen LogP contribution in [0, 0.1) is 27.7 Å². The number of H-pyrrole nitrogens is 1. The predicted octanol–water partition coefficient (Wildman–Crippen LogP) is 2.21. The third kappa shape index (κ3) is 3.12. The van der Waals surface area contributed by atoms with E-state index in [0.717, 1.165) is 42.2 Å². The molecule has 4 heterocycles. The van der Waals surface area contributed by atoms with E-state index < -0.39 is 0 Å². The normalized spacial score (nSPS) is 17.0. The fraction of sp³-hybridized carbons (Fsp3) is 0.500. The van der Waals surface area contributed by atoms with Crippen molar-refractivity contribution in [3.63, 3.8) is 0 Å². The summed E-state index contributed by atoms with van der Waals surface area (Å²) in [5.41, 5.74) is 4.78. The van der Waals surface area contributed by atoms with Crippen LogP contribution in [0.2, 0.25) is 0 Å². The monoisotopic (exact) mass is 382 g/mol. The molecular formula is C20H26N6O2. The van der Waals surface area contributed by atoms with Gasteiger partial charge in [-0.3, -0.25) is 19.4 Å².